The summed E-state index contributed by atoms with van der Waals surface area (Å²) in [6.07, 6.45) is 2.29. The van der Waals surface area contributed by atoms with Gasteiger partial charge in [0.25, 0.3) is 5.91 Å². The van der Waals surface area contributed by atoms with E-state index in [1.54, 1.807) is 0 Å². The molecule has 3 nitrogen and oxygen atoms in total. The first kappa shape index (κ1) is 7.76. The van der Waals surface area contributed by atoms with E-state index in [4.69, 9.17) is 11.6 Å². The van der Waals surface area contributed by atoms with Crippen LogP contribution in [0, 0.1) is 0 Å². The molecule has 0 radical (unpaired) electrons. The highest BCUT2D eigenvalue weighted by Crippen LogP contribution is 2.37. The fourth-order valence-electron chi connectivity index (χ4n) is 1.64. The number of hydrogen-bond donors (Lipinski definition) is 0. The summed E-state index contributed by atoms with van der Waals surface area (Å²) in [6, 6.07) is 0.479. The van der Waals surface area contributed by atoms with Crippen LogP contribution in [0.25, 0.3) is 0 Å². The van der Waals surface area contributed by atoms with Gasteiger partial charge in [-0.15, -0.1) is 0 Å². The van der Waals surface area contributed by atoms with Crippen LogP contribution in [0.5, 0.6) is 0 Å². The molecule has 3 rings (SSSR count). The number of halogens is 1. The standard InChI is InChI=1S/C8H7ClN2OS/c9-8-10-5-3-11(4-1-2-4)7(12)6(5)13-8/h4H,1-3H2. The Kier molecular flexibility index (Phi) is 1.46. The van der Waals surface area contributed by atoms with Gasteiger partial charge >= 0.3 is 0 Å². The minimum absolute atomic E-state index is 0.127. The van der Waals surface area contributed by atoms with E-state index in [0.29, 0.717) is 17.1 Å². The van der Waals surface area contributed by atoms with Crippen molar-refractivity contribution in [2.24, 2.45) is 0 Å². The van der Waals surface area contributed by atoms with Gasteiger partial charge in [-0.05, 0) is 12.8 Å². The molecule has 2 heterocycles. The fourth-order valence-corrected chi connectivity index (χ4v) is 2.73. The van der Waals surface area contributed by atoms with Crippen LogP contribution in [0.4, 0.5) is 0 Å². The molecule has 1 fully saturated rings. The van der Waals surface area contributed by atoms with Gasteiger partial charge in [0.05, 0.1) is 12.2 Å². The first-order valence-electron chi connectivity index (χ1n) is 4.22. The molecule has 1 amide bonds. The van der Waals surface area contributed by atoms with Gasteiger partial charge in [0.15, 0.2) is 4.47 Å². The number of amides is 1. The maximum absolute atomic E-state index is 11.7. The maximum atomic E-state index is 11.7. The number of hydrogen-bond acceptors (Lipinski definition) is 3. The molecule has 0 bridgehead atoms. The fraction of sp³-hybridized carbons (Fsp3) is 0.500. The average Bonchev–Trinajstić information content (AvgIpc) is 2.79. The zero-order valence-corrected chi connectivity index (χ0v) is 8.36. The number of rotatable bonds is 1. The monoisotopic (exact) mass is 214 g/mol. The molecule has 0 unspecified atom stereocenters. The summed E-state index contributed by atoms with van der Waals surface area (Å²) in [5, 5.41) is 0. The van der Waals surface area contributed by atoms with Gasteiger partial charge < -0.3 is 4.90 Å². The second-order valence-corrected chi connectivity index (χ2v) is 4.99. The highest BCUT2D eigenvalue weighted by molar-refractivity contribution is 7.17. The Hall–Kier alpha value is -0.610. The SMILES string of the molecule is O=C1c2sc(Cl)nc2CN1C1CC1. The molecule has 0 N–H and O–H groups in total. The van der Waals surface area contributed by atoms with Gasteiger partial charge in [0, 0.05) is 6.04 Å². The van der Waals surface area contributed by atoms with Gasteiger partial charge in [-0.2, -0.15) is 0 Å². The quantitative estimate of drug-likeness (QED) is 0.716. The Morgan fingerprint density at radius 2 is 2.31 bits per heavy atom. The lowest BCUT2D eigenvalue weighted by atomic mass is 10.4. The van der Waals surface area contributed by atoms with Crippen molar-refractivity contribution in [3.8, 4) is 0 Å². The Bertz CT molecular complexity index is 385. The molecule has 13 heavy (non-hydrogen) atoms. The number of nitrogens with zero attached hydrogens (tertiary/aromatic N) is 2. The summed E-state index contributed by atoms with van der Waals surface area (Å²) in [5.41, 5.74) is 0.868. The summed E-state index contributed by atoms with van der Waals surface area (Å²) < 4.78 is 0.480. The van der Waals surface area contributed by atoms with Crippen molar-refractivity contribution in [3.63, 3.8) is 0 Å². The molecule has 0 aromatic carbocycles. The van der Waals surface area contributed by atoms with Crippen LogP contribution in [0.1, 0.15) is 28.2 Å². The summed E-state index contributed by atoms with van der Waals surface area (Å²) in [7, 11) is 0. The third-order valence-corrected chi connectivity index (χ3v) is 3.62. The average molecular weight is 215 g/mol. The van der Waals surface area contributed by atoms with Crippen LogP contribution < -0.4 is 0 Å². The van der Waals surface area contributed by atoms with Crippen molar-refractivity contribution in [1.29, 1.82) is 0 Å². The number of thiazole rings is 1. The topological polar surface area (TPSA) is 33.2 Å². The lowest BCUT2D eigenvalue weighted by molar-refractivity contribution is 0.0769. The molecule has 2 aliphatic rings. The van der Waals surface area contributed by atoms with Crippen LogP contribution in [-0.4, -0.2) is 21.8 Å². The van der Waals surface area contributed by atoms with Crippen LogP contribution >= 0.6 is 22.9 Å². The van der Waals surface area contributed by atoms with Crippen LogP contribution in [-0.2, 0) is 6.54 Å². The Morgan fingerprint density at radius 1 is 1.54 bits per heavy atom. The predicted octanol–water partition coefficient (Wildman–Crippen LogP) is 1.91. The van der Waals surface area contributed by atoms with E-state index in [0.717, 1.165) is 23.4 Å². The normalized spacial score (nSPS) is 21.0. The van der Waals surface area contributed by atoms with Crippen molar-refractivity contribution >= 4 is 28.8 Å². The largest absolute Gasteiger partial charge is 0.329 e. The van der Waals surface area contributed by atoms with E-state index in [-0.39, 0.29) is 5.91 Å². The molecule has 0 spiro atoms. The van der Waals surface area contributed by atoms with E-state index in [9.17, 15) is 4.79 Å². The first-order valence-corrected chi connectivity index (χ1v) is 5.41. The predicted molar refractivity (Wildman–Crippen MR) is 50.0 cm³/mol. The first-order chi connectivity index (χ1) is 6.25. The van der Waals surface area contributed by atoms with E-state index in [2.05, 4.69) is 4.98 Å². The molecule has 0 atom stereocenters. The van der Waals surface area contributed by atoms with Crippen LogP contribution in [0.15, 0.2) is 0 Å². The molecule has 1 aromatic heterocycles. The summed E-state index contributed by atoms with van der Waals surface area (Å²) in [6.45, 7) is 0.669. The Morgan fingerprint density at radius 3 is 2.92 bits per heavy atom. The van der Waals surface area contributed by atoms with E-state index >= 15 is 0 Å². The lowest BCUT2D eigenvalue weighted by Crippen LogP contribution is -2.25. The summed E-state index contributed by atoms with van der Waals surface area (Å²) in [5.74, 6) is 0.127. The van der Waals surface area contributed by atoms with Gasteiger partial charge in [0.1, 0.15) is 4.88 Å². The molecule has 5 heteroatoms. The number of carbonyl (C=O) groups is 1. The highest BCUT2D eigenvalue weighted by atomic mass is 35.5. The third-order valence-electron chi connectivity index (χ3n) is 2.43. The maximum Gasteiger partial charge on any atom is 0.266 e. The molecular weight excluding hydrogens is 208 g/mol. The molecular formula is C8H7ClN2OS. The third kappa shape index (κ3) is 1.09. The van der Waals surface area contributed by atoms with Gasteiger partial charge in [0.2, 0.25) is 0 Å². The summed E-state index contributed by atoms with van der Waals surface area (Å²) in [4.78, 5) is 18.5. The van der Waals surface area contributed by atoms with Crippen molar-refractivity contribution in [3.05, 3.63) is 15.0 Å². The van der Waals surface area contributed by atoms with Crippen LogP contribution in [0.3, 0.4) is 0 Å². The molecule has 0 saturated heterocycles. The minimum Gasteiger partial charge on any atom is -0.329 e. The molecule has 1 aliphatic heterocycles. The molecule has 1 aromatic rings. The van der Waals surface area contributed by atoms with Crippen molar-refractivity contribution in [1.82, 2.24) is 9.88 Å². The second kappa shape index (κ2) is 2.45. The van der Waals surface area contributed by atoms with Crippen molar-refractivity contribution in [2.75, 3.05) is 0 Å². The highest BCUT2D eigenvalue weighted by Gasteiger charge is 2.40. The molecule has 68 valence electrons. The smallest absolute Gasteiger partial charge is 0.266 e. The zero-order valence-electron chi connectivity index (χ0n) is 6.79. The lowest BCUT2D eigenvalue weighted by Gasteiger charge is -2.13. The van der Waals surface area contributed by atoms with Gasteiger partial charge in [-0.3, -0.25) is 4.79 Å². The molecule has 1 aliphatic carbocycles. The zero-order chi connectivity index (χ0) is 9.00. The van der Waals surface area contributed by atoms with E-state index in [1.165, 1.54) is 11.3 Å². The van der Waals surface area contributed by atoms with Gasteiger partial charge in [-0.25, -0.2) is 4.98 Å². The van der Waals surface area contributed by atoms with E-state index < -0.39 is 0 Å². The van der Waals surface area contributed by atoms with E-state index in [1.807, 2.05) is 4.90 Å². The van der Waals surface area contributed by atoms with Crippen LogP contribution in [0.2, 0.25) is 4.47 Å². The number of aromatic nitrogens is 1. The number of carbonyl (C=O) groups excluding carboxylic acids is 1. The van der Waals surface area contributed by atoms with Crippen molar-refractivity contribution < 1.29 is 4.79 Å². The molecule has 1 saturated carbocycles. The Labute approximate surface area is 84.3 Å². The number of fused-ring (bicyclic) bond motifs is 1. The summed E-state index contributed by atoms with van der Waals surface area (Å²) >= 11 is 7.02. The Balaban J connectivity index is 1.98. The minimum atomic E-state index is 0.127. The van der Waals surface area contributed by atoms with Gasteiger partial charge in [-0.1, -0.05) is 22.9 Å². The second-order valence-electron chi connectivity index (χ2n) is 3.41. The van der Waals surface area contributed by atoms with Crippen molar-refractivity contribution in [2.45, 2.75) is 25.4 Å².